The maximum atomic E-state index is 13.1. The van der Waals surface area contributed by atoms with Crippen LogP contribution in [0.4, 0.5) is 13.2 Å². The number of hydrogen-bond donors (Lipinski definition) is 2. The monoisotopic (exact) mass is 306 g/mol. The van der Waals surface area contributed by atoms with E-state index in [0.29, 0.717) is 0 Å². The fourth-order valence-corrected chi connectivity index (χ4v) is 2.18. The first-order chi connectivity index (χ1) is 10.4. The van der Waals surface area contributed by atoms with Gasteiger partial charge in [-0.05, 0) is 12.1 Å². The molecule has 22 heavy (non-hydrogen) atoms. The van der Waals surface area contributed by atoms with Gasteiger partial charge < -0.3 is 10.7 Å². The predicted molar refractivity (Wildman–Crippen MR) is 72.8 cm³/mol. The summed E-state index contributed by atoms with van der Waals surface area (Å²) in [7, 11) is 0. The summed E-state index contributed by atoms with van der Waals surface area (Å²) in [4.78, 5) is 22.0. The first-order valence-electron chi connectivity index (χ1n) is 6.19. The van der Waals surface area contributed by atoms with Crippen LogP contribution in [0.15, 0.2) is 36.5 Å². The van der Waals surface area contributed by atoms with Gasteiger partial charge in [-0.15, -0.1) is 0 Å². The van der Waals surface area contributed by atoms with E-state index in [1.807, 2.05) is 0 Å². The zero-order valence-corrected chi connectivity index (χ0v) is 11.0. The summed E-state index contributed by atoms with van der Waals surface area (Å²) in [6.45, 7) is 0. The third-order valence-electron chi connectivity index (χ3n) is 3.15. The third kappa shape index (κ3) is 2.28. The molecule has 0 aliphatic carbocycles. The van der Waals surface area contributed by atoms with Crippen LogP contribution in [0.3, 0.4) is 0 Å². The summed E-state index contributed by atoms with van der Waals surface area (Å²) >= 11 is 0. The number of hydrogen-bond acceptors (Lipinski definition) is 3. The van der Waals surface area contributed by atoms with Crippen LogP contribution in [0, 0.1) is 0 Å². The molecule has 112 valence electrons. The van der Waals surface area contributed by atoms with Gasteiger partial charge in [0.05, 0.1) is 16.6 Å². The molecule has 1 amide bonds. The molecule has 0 bridgehead atoms. The number of H-pyrrole nitrogens is 1. The van der Waals surface area contributed by atoms with E-state index in [0.717, 1.165) is 6.07 Å². The van der Waals surface area contributed by atoms with Crippen LogP contribution in [0.1, 0.15) is 15.9 Å². The molecule has 0 aliphatic rings. The molecule has 0 unspecified atom stereocenters. The van der Waals surface area contributed by atoms with Crippen LogP contribution in [0.25, 0.3) is 22.6 Å². The number of nitrogens with one attached hydrogen (secondary N) is 1. The Hall–Kier alpha value is -2.90. The van der Waals surface area contributed by atoms with Crippen molar-refractivity contribution in [2.45, 2.75) is 6.18 Å². The Morgan fingerprint density at radius 3 is 2.59 bits per heavy atom. The Balaban J connectivity index is 2.25. The highest BCUT2D eigenvalue weighted by molar-refractivity contribution is 6.03. The molecule has 3 rings (SSSR count). The van der Waals surface area contributed by atoms with Crippen molar-refractivity contribution in [1.29, 1.82) is 0 Å². The number of nitrogens with two attached hydrogens (primary N) is 1. The van der Waals surface area contributed by atoms with Gasteiger partial charge in [0.1, 0.15) is 5.82 Å². The van der Waals surface area contributed by atoms with Crippen molar-refractivity contribution in [3.05, 3.63) is 47.7 Å². The lowest BCUT2D eigenvalue weighted by Gasteiger charge is -2.10. The molecular formula is C14H9F3N4O. The van der Waals surface area contributed by atoms with Crippen LogP contribution < -0.4 is 5.73 Å². The molecule has 8 heteroatoms. The summed E-state index contributed by atoms with van der Waals surface area (Å²) in [6.07, 6.45) is -3.20. The van der Waals surface area contributed by atoms with Crippen molar-refractivity contribution in [2.24, 2.45) is 5.73 Å². The summed E-state index contributed by atoms with van der Waals surface area (Å²) in [5.41, 5.74) is 4.74. The average molecular weight is 306 g/mol. The number of imidazole rings is 1. The minimum atomic E-state index is -4.52. The molecule has 2 heterocycles. The first kappa shape index (κ1) is 14.1. The number of pyridine rings is 1. The van der Waals surface area contributed by atoms with Crippen molar-refractivity contribution < 1.29 is 18.0 Å². The molecule has 1 aromatic carbocycles. The van der Waals surface area contributed by atoms with Gasteiger partial charge in [0, 0.05) is 11.8 Å². The van der Waals surface area contributed by atoms with Crippen molar-refractivity contribution in [2.75, 3.05) is 0 Å². The van der Waals surface area contributed by atoms with Crippen LogP contribution >= 0.6 is 0 Å². The molecule has 5 nitrogen and oxygen atoms in total. The lowest BCUT2D eigenvalue weighted by Crippen LogP contribution is -2.11. The number of amides is 1. The number of rotatable bonds is 2. The molecule has 0 aliphatic heterocycles. The molecule has 0 spiro atoms. The second-order valence-corrected chi connectivity index (χ2v) is 4.55. The van der Waals surface area contributed by atoms with Crippen molar-refractivity contribution >= 4 is 17.1 Å². The second kappa shape index (κ2) is 4.83. The number of alkyl halides is 3. The molecule has 3 N–H and O–H groups in total. The fourth-order valence-electron chi connectivity index (χ4n) is 2.18. The number of aromatic nitrogens is 3. The highest BCUT2D eigenvalue weighted by Gasteiger charge is 2.34. The van der Waals surface area contributed by atoms with Crippen molar-refractivity contribution in [1.82, 2.24) is 15.0 Å². The van der Waals surface area contributed by atoms with Gasteiger partial charge in [0.25, 0.3) is 5.91 Å². The molecular weight excluding hydrogens is 297 g/mol. The number of carbonyl (C=O) groups excluding carboxylic acids is 1. The quantitative estimate of drug-likeness (QED) is 0.763. The summed E-state index contributed by atoms with van der Waals surface area (Å²) in [6, 6.07) is 6.40. The zero-order chi connectivity index (χ0) is 15.9. The fraction of sp³-hybridized carbons (Fsp3) is 0.0714. The van der Waals surface area contributed by atoms with E-state index in [-0.39, 0.29) is 28.1 Å². The Kier molecular flexibility index (Phi) is 3.09. The molecule has 0 saturated heterocycles. The molecule has 0 fully saturated rings. The number of halogens is 3. The molecule has 3 aromatic rings. The Morgan fingerprint density at radius 1 is 1.18 bits per heavy atom. The maximum Gasteiger partial charge on any atom is 0.417 e. The van der Waals surface area contributed by atoms with Crippen LogP contribution in [-0.2, 0) is 6.18 Å². The van der Waals surface area contributed by atoms with E-state index in [2.05, 4.69) is 15.0 Å². The van der Waals surface area contributed by atoms with Gasteiger partial charge in [-0.25, -0.2) is 9.97 Å². The first-order valence-corrected chi connectivity index (χ1v) is 6.19. The summed E-state index contributed by atoms with van der Waals surface area (Å²) < 4.78 is 39.2. The number of carbonyl (C=O) groups is 1. The van der Waals surface area contributed by atoms with Gasteiger partial charge in [-0.3, -0.25) is 4.79 Å². The largest absolute Gasteiger partial charge is 0.417 e. The topological polar surface area (TPSA) is 84.7 Å². The highest BCUT2D eigenvalue weighted by atomic mass is 19.4. The Morgan fingerprint density at radius 2 is 1.91 bits per heavy atom. The van der Waals surface area contributed by atoms with Crippen LogP contribution in [0.2, 0.25) is 0 Å². The number of aromatic amines is 1. The maximum absolute atomic E-state index is 13.1. The van der Waals surface area contributed by atoms with E-state index < -0.39 is 17.6 Å². The van der Waals surface area contributed by atoms with Crippen molar-refractivity contribution in [3.8, 4) is 11.4 Å². The normalized spacial score (nSPS) is 11.8. The number of fused-ring (bicyclic) bond motifs is 1. The molecule has 0 saturated carbocycles. The van der Waals surface area contributed by atoms with Gasteiger partial charge in [-0.2, -0.15) is 13.2 Å². The lowest BCUT2D eigenvalue weighted by molar-refractivity contribution is -0.137. The average Bonchev–Trinajstić information content (AvgIpc) is 2.89. The Labute approximate surface area is 122 Å². The van der Waals surface area contributed by atoms with Gasteiger partial charge in [0.2, 0.25) is 0 Å². The van der Waals surface area contributed by atoms with Crippen molar-refractivity contribution in [3.63, 3.8) is 0 Å². The number of benzene rings is 1. The molecule has 0 atom stereocenters. The van der Waals surface area contributed by atoms with E-state index >= 15 is 0 Å². The molecule has 2 aromatic heterocycles. The lowest BCUT2D eigenvalue weighted by atomic mass is 10.1. The standard InChI is InChI=1S/C14H9F3N4O/c15-14(16,17)9-4-2-1-3-7(9)12-20-10-8(11(18)22)5-6-19-13(10)21-12/h1-6H,(H2,18,22)(H,19,20,21). The van der Waals surface area contributed by atoms with Crippen LogP contribution in [-0.4, -0.2) is 20.9 Å². The van der Waals surface area contributed by atoms with E-state index in [4.69, 9.17) is 5.73 Å². The van der Waals surface area contributed by atoms with Crippen LogP contribution in [0.5, 0.6) is 0 Å². The minimum Gasteiger partial charge on any atom is -0.366 e. The van der Waals surface area contributed by atoms with E-state index in [1.54, 1.807) is 0 Å². The number of nitrogens with zero attached hydrogens (tertiary/aromatic N) is 2. The molecule has 0 radical (unpaired) electrons. The van der Waals surface area contributed by atoms with E-state index in [9.17, 15) is 18.0 Å². The smallest absolute Gasteiger partial charge is 0.366 e. The zero-order valence-electron chi connectivity index (χ0n) is 11.0. The van der Waals surface area contributed by atoms with Gasteiger partial charge >= 0.3 is 6.18 Å². The number of primary amides is 1. The summed E-state index contributed by atoms with van der Waals surface area (Å²) in [5.74, 6) is -0.740. The third-order valence-corrected chi connectivity index (χ3v) is 3.15. The summed E-state index contributed by atoms with van der Waals surface area (Å²) in [5, 5.41) is 0. The minimum absolute atomic E-state index is 0.0240. The predicted octanol–water partition coefficient (Wildman–Crippen LogP) is 2.74. The van der Waals surface area contributed by atoms with Gasteiger partial charge in [-0.1, -0.05) is 18.2 Å². The van der Waals surface area contributed by atoms with E-state index in [1.165, 1.54) is 30.5 Å². The van der Waals surface area contributed by atoms with Gasteiger partial charge in [0.15, 0.2) is 5.65 Å². The SMILES string of the molecule is NC(=O)c1ccnc2nc(-c3ccccc3C(F)(F)F)[nH]c12. The Bertz CT molecular complexity index is 870. The highest BCUT2D eigenvalue weighted by Crippen LogP contribution is 2.36. The second-order valence-electron chi connectivity index (χ2n) is 4.55.